The number of fused-ring (bicyclic) bond motifs is 5. The highest BCUT2D eigenvalue weighted by Crippen LogP contribution is 2.69. The fraction of sp³-hybridized carbons (Fsp3) is 0.944. The van der Waals surface area contributed by atoms with Gasteiger partial charge in [0.25, 0.3) is 0 Å². The van der Waals surface area contributed by atoms with Crippen LogP contribution in [0, 0.1) is 35.0 Å². The van der Waals surface area contributed by atoms with E-state index in [-0.39, 0.29) is 0 Å². The lowest BCUT2D eigenvalue weighted by atomic mass is 9.71. The van der Waals surface area contributed by atoms with Crippen LogP contribution in [0.15, 0.2) is 0 Å². The van der Waals surface area contributed by atoms with Crippen molar-refractivity contribution in [1.29, 1.82) is 0 Å². The summed E-state index contributed by atoms with van der Waals surface area (Å²) in [5.74, 6) is 4.48. The van der Waals surface area contributed by atoms with Crippen LogP contribution < -0.4 is 5.32 Å². The van der Waals surface area contributed by atoms with Gasteiger partial charge in [-0.25, -0.2) is 0 Å². The first-order chi connectivity index (χ1) is 10.3. The summed E-state index contributed by atoms with van der Waals surface area (Å²) in [6.45, 7) is 4.46. The smallest absolute Gasteiger partial charge is 0.226 e. The van der Waals surface area contributed by atoms with Crippen molar-refractivity contribution in [3.05, 3.63) is 0 Å². The molecular weight excluding hydrogens is 260 g/mol. The Morgan fingerprint density at radius 2 is 1.57 bits per heavy atom. The lowest BCUT2D eigenvalue weighted by Crippen LogP contribution is -2.48. The number of nitrogens with zero attached hydrogens (tertiary/aromatic N) is 1. The molecule has 5 fully saturated rings. The second kappa shape index (κ2) is 4.47. The summed E-state index contributed by atoms with van der Waals surface area (Å²) in [4.78, 5) is 15.1. The molecule has 2 saturated heterocycles. The van der Waals surface area contributed by atoms with Crippen LogP contribution >= 0.6 is 0 Å². The molecule has 1 amide bonds. The zero-order valence-electron chi connectivity index (χ0n) is 13.0. The van der Waals surface area contributed by atoms with Gasteiger partial charge in [-0.15, -0.1) is 0 Å². The predicted octanol–water partition coefficient (Wildman–Crippen LogP) is 2.27. The number of likely N-dealkylation sites (tertiary alicyclic amines) is 1. The maximum Gasteiger partial charge on any atom is 0.226 e. The number of amides is 1. The van der Waals surface area contributed by atoms with Gasteiger partial charge in [-0.3, -0.25) is 4.79 Å². The number of hydrogen-bond donors (Lipinski definition) is 1. The van der Waals surface area contributed by atoms with Gasteiger partial charge in [0, 0.05) is 19.0 Å². The van der Waals surface area contributed by atoms with Crippen molar-refractivity contribution in [1.82, 2.24) is 10.2 Å². The summed E-state index contributed by atoms with van der Waals surface area (Å²) in [5, 5.41) is 3.48. The molecule has 2 bridgehead atoms. The first-order valence-corrected chi connectivity index (χ1v) is 9.27. The summed E-state index contributed by atoms with van der Waals surface area (Å²) in [5.41, 5.74) is 0.570. The molecular formula is C18H28N2O. The zero-order valence-corrected chi connectivity index (χ0v) is 13.0. The zero-order chi connectivity index (χ0) is 14.0. The minimum Gasteiger partial charge on any atom is -0.342 e. The maximum absolute atomic E-state index is 12.9. The molecule has 0 aromatic carbocycles. The van der Waals surface area contributed by atoms with Gasteiger partial charge >= 0.3 is 0 Å². The van der Waals surface area contributed by atoms with Gasteiger partial charge in [0.1, 0.15) is 0 Å². The fourth-order valence-corrected chi connectivity index (χ4v) is 6.52. The van der Waals surface area contributed by atoms with E-state index < -0.39 is 0 Å². The topological polar surface area (TPSA) is 32.3 Å². The average Bonchev–Trinajstić information content (AvgIpc) is 2.95. The van der Waals surface area contributed by atoms with E-state index >= 15 is 0 Å². The number of piperidine rings is 2. The monoisotopic (exact) mass is 288 g/mol. The Morgan fingerprint density at radius 3 is 2.19 bits per heavy atom. The van der Waals surface area contributed by atoms with Crippen molar-refractivity contribution >= 4 is 5.91 Å². The highest BCUT2D eigenvalue weighted by molar-refractivity contribution is 5.83. The van der Waals surface area contributed by atoms with E-state index in [1.165, 1.54) is 58.0 Å². The second-order valence-corrected chi connectivity index (χ2v) is 8.59. The quantitative estimate of drug-likeness (QED) is 0.803. The normalized spacial score (nSPS) is 46.7. The van der Waals surface area contributed by atoms with Crippen LogP contribution in [0.25, 0.3) is 0 Å². The van der Waals surface area contributed by atoms with Crippen LogP contribution in [-0.4, -0.2) is 37.0 Å². The van der Waals surface area contributed by atoms with Crippen LogP contribution in [0.2, 0.25) is 0 Å². The molecule has 116 valence electrons. The molecule has 3 saturated carbocycles. The fourth-order valence-electron chi connectivity index (χ4n) is 6.52. The highest BCUT2D eigenvalue weighted by atomic mass is 16.2. The number of carbonyl (C=O) groups is 1. The van der Waals surface area contributed by atoms with Crippen molar-refractivity contribution in [2.24, 2.45) is 35.0 Å². The average molecular weight is 288 g/mol. The molecule has 3 heteroatoms. The molecule has 1 spiro atoms. The molecule has 5 aliphatic rings. The predicted molar refractivity (Wildman–Crippen MR) is 81.7 cm³/mol. The van der Waals surface area contributed by atoms with Gasteiger partial charge in [-0.05, 0) is 87.1 Å². The molecule has 0 aromatic heterocycles. The van der Waals surface area contributed by atoms with Crippen molar-refractivity contribution in [2.75, 3.05) is 26.2 Å². The first-order valence-electron chi connectivity index (χ1n) is 9.27. The molecule has 3 aliphatic carbocycles. The van der Waals surface area contributed by atoms with E-state index in [2.05, 4.69) is 10.2 Å². The van der Waals surface area contributed by atoms with Gasteiger partial charge in [0.15, 0.2) is 0 Å². The van der Waals surface area contributed by atoms with Crippen molar-refractivity contribution in [2.45, 2.75) is 44.9 Å². The molecule has 2 heterocycles. The van der Waals surface area contributed by atoms with Crippen LogP contribution in [0.4, 0.5) is 0 Å². The van der Waals surface area contributed by atoms with Crippen LogP contribution in [-0.2, 0) is 4.79 Å². The Hall–Kier alpha value is -0.570. The molecule has 21 heavy (non-hydrogen) atoms. The number of hydrogen-bond acceptors (Lipinski definition) is 2. The molecule has 1 N–H and O–H groups in total. The molecule has 0 radical (unpaired) electrons. The van der Waals surface area contributed by atoms with Gasteiger partial charge in [0.2, 0.25) is 5.91 Å². The Bertz CT molecular complexity index is 430. The first kappa shape index (κ1) is 12.9. The van der Waals surface area contributed by atoms with E-state index in [1.54, 1.807) is 0 Å². The summed E-state index contributed by atoms with van der Waals surface area (Å²) < 4.78 is 0. The minimum absolute atomic E-state index is 0.457. The summed E-state index contributed by atoms with van der Waals surface area (Å²) in [7, 11) is 0. The van der Waals surface area contributed by atoms with E-state index in [1.807, 2.05) is 0 Å². The van der Waals surface area contributed by atoms with Gasteiger partial charge < -0.3 is 10.2 Å². The molecule has 2 aliphatic heterocycles. The Labute approximate surface area is 127 Å². The molecule has 4 unspecified atom stereocenters. The summed E-state index contributed by atoms with van der Waals surface area (Å²) in [6, 6.07) is 0. The van der Waals surface area contributed by atoms with Gasteiger partial charge in [-0.1, -0.05) is 0 Å². The Kier molecular flexibility index (Phi) is 2.75. The molecule has 5 rings (SSSR count). The minimum atomic E-state index is 0.457. The lowest BCUT2D eigenvalue weighted by Gasteiger charge is -2.44. The third-order valence-electron chi connectivity index (χ3n) is 7.82. The molecule has 4 atom stereocenters. The van der Waals surface area contributed by atoms with E-state index in [0.717, 1.165) is 36.8 Å². The van der Waals surface area contributed by atoms with Gasteiger partial charge in [0.05, 0.1) is 0 Å². The van der Waals surface area contributed by atoms with E-state index in [4.69, 9.17) is 0 Å². The summed E-state index contributed by atoms with van der Waals surface area (Å²) in [6.07, 6.45) is 9.47. The van der Waals surface area contributed by atoms with Crippen molar-refractivity contribution < 1.29 is 4.79 Å². The number of rotatable bonds is 1. The van der Waals surface area contributed by atoms with Crippen LogP contribution in [0.3, 0.4) is 0 Å². The molecule has 3 nitrogen and oxygen atoms in total. The highest BCUT2D eigenvalue weighted by Gasteiger charge is 2.68. The van der Waals surface area contributed by atoms with Gasteiger partial charge in [-0.2, -0.15) is 0 Å². The Balaban J connectivity index is 1.22. The van der Waals surface area contributed by atoms with Crippen molar-refractivity contribution in [3.63, 3.8) is 0 Å². The second-order valence-electron chi connectivity index (χ2n) is 8.59. The standard InChI is InChI=1S/C18H28N2O/c21-17(16-14-12-1-2-13(11-12)15(14)16)20-9-5-18(6-10-20)3-7-19-8-4-18/h12-16,19H,1-11H2. The summed E-state index contributed by atoms with van der Waals surface area (Å²) >= 11 is 0. The third kappa shape index (κ3) is 1.85. The number of carbonyl (C=O) groups excluding carboxylic acids is 1. The van der Waals surface area contributed by atoms with Crippen molar-refractivity contribution in [3.8, 4) is 0 Å². The maximum atomic E-state index is 12.9. The molecule has 0 aromatic rings. The Morgan fingerprint density at radius 1 is 0.952 bits per heavy atom. The number of nitrogens with one attached hydrogen (secondary N) is 1. The van der Waals surface area contributed by atoms with E-state index in [0.29, 0.717) is 17.2 Å². The largest absolute Gasteiger partial charge is 0.342 e. The third-order valence-corrected chi connectivity index (χ3v) is 7.82. The lowest BCUT2D eigenvalue weighted by molar-refractivity contribution is -0.136. The van der Waals surface area contributed by atoms with Crippen LogP contribution in [0.1, 0.15) is 44.9 Å². The van der Waals surface area contributed by atoms with Crippen LogP contribution in [0.5, 0.6) is 0 Å². The SMILES string of the molecule is O=C(C1C2C3CCC(C3)C12)N1CCC2(CCNCC2)CC1. The van der Waals surface area contributed by atoms with E-state index in [9.17, 15) is 4.79 Å².